The molecule has 5 nitrogen and oxygen atoms in total. The van der Waals surface area contributed by atoms with Crippen molar-refractivity contribution < 1.29 is 8.42 Å². The van der Waals surface area contributed by atoms with E-state index in [-0.39, 0.29) is 17.5 Å². The summed E-state index contributed by atoms with van der Waals surface area (Å²) in [5, 5.41) is 6.43. The van der Waals surface area contributed by atoms with E-state index in [2.05, 4.69) is 47.7 Å². The highest BCUT2D eigenvalue weighted by Crippen LogP contribution is 2.11. The third-order valence-corrected chi connectivity index (χ3v) is 5.64. The minimum absolute atomic E-state index is 0.0287. The Morgan fingerprint density at radius 1 is 1.26 bits per heavy atom. The van der Waals surface area contributed by atoms with Crippen LogP contribution in [0.25, 0.3) is 0 Å². The highest BCUT2D eigenvalue weighted by atomic mass is 32.2. The molecule has 0 radical (unpaired) electrons. The summed E-state index contributed by atoms with van der Waals surface area (Å²) < 4.78 is 23.1. The van der Waals surface area contributed by atoms with Crippen molar-refractivity contribution in [1.82, 2.24) is 10.6 Å². The Kier molecular flexibility index (Phi) is 6.04. The van der Waals surface area contributed by atoms with Crippen LogP contribution in [0.2, 0.25) is 0 Å². The summed E-state index contributed by atoms with van der Waals surface area (Å²) in [4.78, 5) is 4.58. The fraction of sp³-hybridized carbons (Fsp3) is 0.588. The molecule has 1 atom stereocenters. The summed E-state index contributed by atoms with van der Waals surface area (Å²) >= 11 is 0. The number of benzene rings is 1. The Bertz CT molecular complexity index is 648. The van der Waals surface area contributed by atoms with Gasteiger partial charge in [0.1, 0.15) is 0 Å². The minimum atomic E-state index is -2.87. The maximum Gasteiger partial charge on any atom is 0.191 e. The second kappa shape index (κ2) is 7.81. The molecule has 2 N–H and O–H groups in total. The van der Waals surface area contributed by atoms with Gasteiger partial charge in [-0.2, -0.15) is 0 Å². The van der Waals surface area contributed by atoms with E-state index in [0.717, 1.165) is 13.0 Å². The van der Waals surface area contributed by atoms with Crippen molar-refractivity contribution in [1.29, 1.82) is 0 Å². The molecule has 1 aromatic carbocycles. The summed E-state index contributed by atoms with van der Waals surface area (Å²) in [6, 6.07) is 6.51. The Morgan fingerprint density at radius 3 is 2.52 bits per heavy atom. The average Bonchev–Trinajstić information content (AvgIpc) is 2.77. The van der Waals surface area contributed by atoms with E-state index >= 15 is 0 Å². The van der Waals surface area contributed by atoms with Crippen molar-refractivity contribution in [2.24, 2.45) is 4.99 Å². The number of aryl methyl sites for hydroxylation is 2. The van der Waals surface area contributed by atoms with Crippen LogP contribution in [0.4, 0.5) is 0 Å². The number of nitrogens with zero attached hydrogens (tertiary/aromatic N) is 1. The molecule has 0 spiro atoms. The van der Waals surface area contributed by atoms with Gasteiger partial charge in [0.2, 0.25) is 0 Å². The van der Waals surface area contributed by atoms with Gasteiger partial charge in [-0.1, -0.05) is 29.3 Å². The van der Waals surface area contributed by atoms with E-state index in [1.165, 1.54) is 16.7 Å². The van der Waals surface area contributed by atoms with Crippen molar-refractivity contribution >= 4 is 15.8 Å². The van der Waals surface area contributed by atoms with E-state index in [9.17, 15) is 8.42 Å². The summed E-state index contributed by atoms with van der Waals surface area (Å²) in [6.07, 6.45) is 1.53. The van der Waals surface area contributed by atoms with Crippen LogP contribution < -0.4 is 10.6 Å². The third kappa shape index (κ3) is 5.86. The molecule has 1 aliphatic rings. The molecule has 0 amide bonds. The van der Waals surface area contributed by atoms with Crippen molar-refractivity contribution in [3.8, 4) is 0 Å². The lowest BCUT2D eigenvalue weighted by Crippen LogP contribution is -2.44. The first-order chi connectivity index (χ1) is 10.9. The molecular weight excluding hydrogens is 310 g/mol. The molecular formula is C17H27N3O2S. The molecule has 128 valence electrons. The van der Waals surface area contributed by atoms with E-state index in [1.54, 1.807) is 0 Å². The minimum Gasteiger partial charge on any atom is -0.357 e. The summed E-state index contributed by atoms with van der Waals surface area (Å²) in [5.74, 6) is 1.18. The molecule has 0 bridgehead atoms. The smallest absolute Gasteiger partial charge is 0.191 e. The van der Waals surface area contributed by atoms with Gasteiger partial charge in [0.05, 0.1) is 11.5 Å². The SMILES string of the molecule is CCNC(=NCCc1cc(C)cc(C)c1)NC1CCS(=O)(=O)C1. The quantitative estimate of drug-likeness (QED) is 0.632. The van der Waals surface area contributed by atoms with E-state index in [4.69, 9.17) is 0 Å². The molecule has 6 heteroatoms. The predicted octanol–water partition coefficient (Wildman–Crippen LogP) is 1.59. The Hall–Kier alpha value is -1.56. The molecule has 23 heavy (non-hydrogen) atoms. The van der Waals surface area contributed by atoms with Gasteiger partial charge >= 0.3 is 0 Å². The lowest BCUT2D eigenvalue weighted by atomic mass is 10.1. The van der Waals surface area contributed by atoms with Crippen molar-refractivity contribution in [2.45, 2.75) is 39.7 Å². The van der Waals surface area contributed by atoms with Gasteiger partial charge in [0.15, 0.2) is 15.8 Å². The molecule has 2 rings (SSSR count). The molecule has 0 saturated carbocycles. The van der Waals surface area contributed by atoms with Gasteiger partial charge in [0, 0.05) is 19.1 Å². The first-order valence-electron chi connectivity index (χ1n) is 8.20. The van der Waals surface area contributed by atoms with Gasteiger partial charge in [0.25, 0.3) is 0 Å². The van der Waals surface area contributed by atoms with E-state index < -0.39 is 9.84 Å². The van der Waals surface area contributed by atoms with Gasteiger partial charge in [-0.25, -0.2) is 8.42 Å². The first-order valence-corrected chi connectivity index (χ1v) is 10.0. The highest BCUT2D eigenvalue weighted by Gasteiger charge is 2.28. The topological polar surface area (TPSA) is 70.6 Å². The second-order valence-electron chi connectivity index (χ2n) is 6.25. The largest absolute Gasteiger partial charge is 0.357 e. The molecule has 1 heterocycles. The molecule has 1 fully saturated rings. The fourth-order valence-electron chi connectivity index (χ4n) is 2.93. The fourth-order valence-corrected chi connectivity index (χ4v) is 4.61. The number of nitrogens with one attached hydrogen (secondary N) is 2. The zero-order valence-corrected chi connectivity index (χ0v) is 15.0. The zero-order valence-electron chi connectivity index (χ0n) is 14.2. The van der Waals surface area contributed by atoms with Crippen molar-refractivity contribution in [3.63, 3.8) is 0 Å². The zero-order chi connectivity index (χ0) is 16.9. The molecule has 1 aliphatic heterocycles. The van der Waals surface area contributed by atoms with Gasteiger partial charge < -0.3 is 10.6 Å². The van der Waals surface area contributed by atoms with E-state index in [1.807, 2.05) is 6.92 Å². The van der Waals surface area contributed by atoms with Gasteiger partial charge in [-0.05, 0) is 39.2 Å². The second-order valence-corrected chi connectivity index (χ2v) is 8.48. The van der Waals surface area contributed by atoms with Crippen molar-refractivity contribution in [3.05, 3.63) is 34.9 Å². The number of hydrogen-bond donors (Lipinski definition) is 2. The standard InChI is InChI=1S/C17H27N3O2S/c1-4-18-17(20-16-6-8-23(21,22)12-16)19-7-5-15-10-13(2)9-14(3)11-15/h9-11,16H,4-8,12H2,1-3H3,(H2,18,19,20). The van der Waals surface area contributed by atoms with Crippen LogP contribution in [-0.2, 0) is 16.3 Å². The average molecular weight is 337 g/mol. The van der Waals surface area contributed by atoms with Gasteiger partial charge in [-0.3, -0.25) is 4.99 Å². The van der Waals surface area contributed by atoms with Crippen LogP contribution in [0.1, 0.15) is 30.0 Å². The van der Waals surface area contributed by atoms with Crippen LogP contribution in [0, 0.1) is 13.8 Å². The molecule has 0 aromatic heterocycles. The Morgan fingerprint density at radius 2 is 1.96 bits per heavy atom. The summed E-state index contributed by atoms with van der Waals surface area (Å²) in [6.45, 7) is 7.65. The maximum atomic E-state index is 11.5. The molecule has 1 saturated heterocycles. The van der Waals surface area contributed by atoms with E-state index in [0.29, 0.717) is 18.9 Å². The predicted molar refractivity (Wildman–Crippen MR) is 95.8 cm³/mol. The number of rotatable bonds is 5. The van der Waals surface area contributed by atoms with Crippen molar-refractivity contribution in [2.75, 3.05) is 24.6 Å². The van der Waals surface area contributed by atoms with Gasteiger partial charge in [-0.15, -0.1) is 0 Å². The highest BCUT2D eigenvalue weighted by molar-refractivity contribution is 7.91. The normalized spacial score (nSPS) is 20.5. The van der Waals surface area contributed by atoms with Crippen LogP contribution in [0.15, 0.2) is 23.2 Å². The number of sulfone groups is 1. The Balaban J connectivity index is 1.93. The molecule has 0 aliphatic carbocycles. The van der Waals surface area contributed by atoms with Crippen LogP contribution in [0.3, 0.4) is 0 Å². The Labute approximate surface area is 139 Å². The van der Waals surface area contributed by atoms with Crippen LogP contribution >= 0.6 is 0 Å². The molecule has 1 aromatic rings. The number of aliphatic imine (C=N–C) groups is 1. The number of hydrogen-bond acceptors (Lipinski definition) is 3. The summed E-state index contributed by atoms with van der Waals surface area (Å²) in [7, 11) is -2.87. The third-order valence-electron chi connectivity index (χ3n) is 3.87. The number of guanidine groups is 1. The lowest BCUT2D eigenvalue weighted by molar-refractivity contribution is 0.599. The first kappa shape index (κ1) is 17.8. The van der Waals surface area contributed by atoms with Crippen LogP contribution in [0.5, 0.6) is 0 Å². The monoisotopic (exact) mass is 337 g/mol. The molecule has 1 unspecified atom stereocenters. The lowest BCUT2D eigenvalue weighted by Gasteiger charge is -2.15. The summed E-state index contributed by atoms with van der Waals surface area (Å²) in [5.41, 5.74) is 3.82. The van der Waals surface area contributed by atoms with Crippen LogP contribution in [-0.4, -0.2) is 45.0 Å². The maximum absolute atomic E-state index is 11.5.